The summed E-state index contributed by atoms with van der Waals surface area (Å²) in [7, 11) is 0. The van der Waals surface area contributed by atoms with E-state index in [1.54, 1.807) is 6.07 Å². The average Bonchev–Trinajstić information content (AvgIpc) is 2.78. The highest BCUT2D eigenvalue weighted by atomic mass is 19.4. The summed E-state index contributed by atoms with van der Waals surface area (Å²) in [5, 5.41) is 9.41. The number of aliphatic hydroxyl groups is 1. The van der Waals surface area contributed by atoms with Crippen LogP contribution in [0.15, 0.2) is 18.2 Å². The van der Waals surface area contributed by atoms with Crippen LogP contribution in [0, 0.1) is 5.92 Å². The third kappa shape index (κ3) is 2.76. The van der Waals surface area contributed by atoms with Gasteiger partial charge in [0.25, 0.3) is 0 Å². The molecule has 1 aromatic rings. The van der Waals surface area contributed by atoms with E-state index in [9.17, 15) is 18.3 Å². The molecule has 20 heavy (non-hydrogen) atoms. The van der Waals surface area contributed by atoms with Gasteiger partial charge in [-0.1, -0.05) is 13.0 Å². The van der Waals surface area contributed by atoms with E-state index in [1.165, 1.54) is 6.07 Å². The molecule has 112 valence electrons. The maximum absolute atomic E-state index is 13.0. The highest BCUT2D eigenvalue weighted by molar-refractivity contribution is 5.53. The molecule has 1 saturated heterocycles. The van der Waals surface area contributed by atoms with Gasteiger partial charge in [-0.05, 0) is 30.0 Å². The molecule has 0 aromatic heterocycles. The first-order valence-electron chi connectivity index (χ1n) is 6.66. The minimum atomic E-state index is -4.41. The van der Waals surface area contributed by atoms with Gasteiger partial charge in [0, 0.05) is 18.8 Å². The summed E-state index contributed by atoms with van der Waals surface area (Å²) in [5.41, 5.74) is 5.28. The number of nitrogens with two attached hydrogens (primary N) is 1. The summed E-state index contributed by atoms with van der Waals surface area (Å²) < 4.78 is 39.1. The van der Waals surface area contributed by atoms with E-state index < -0.39 is 11.7 Å². The number of hydrogen-bond donors (Lipinski definition) is 2. The zero-order chi connectivity index (χ0) is 14.9. The van der Waals surface area contributed by atoms with E-state index in [0.29, 0.717) is 12.2 Å². The molecule has 0 amide bonds. The van der Waals surface area contributed by atoms with Crippen molar-refractivity contribution in [3.8, 4) is 0 Å². The first kappa shape index (κ1) is 15.1. The molecule has 1 heterocycles. The predicted molar refractivity (Wildman–Crippen MR) is 71.3 cm³/mol. The van der Waals surface area contributed by atoms with E-state index in [4.69, 9.17) is 5.73 Å². The van der Waals surface area contributed by atoms with E-state index in [-0.39, 0.29) is 30.7 Å². The number of hydrogen-bond acceptors (Lipinski definition) is 3. The van der Waals surface area contributed by atoms with Crippen LogP contribution in [-0.2, 0) is 12.7 Å². The molecule has 0 aliphatic carbocycles. The zero-order valence-corrected chi connectivity index (χ0v) is 11.3. The van der Waals surface area contributed by atoms with Gasteiger partial charge >= 0.3 is 6.18 Å². The molecule has 0 radical (unpaired) electrons. The third-order valence-corrected chi connectivity index (χ3v) is 4.02. The number of anilines is 1. The Hall–Kier alpha value is -1.27. The molecule has 1 aliphatic rings. The van der Waals surface area contributed by atoms with Crippen LogP contribution >= 0.6 is 0 Å². The Morgan fingerprint density at radius 3 is 2.65 bits per heavy atom. The molecule has 2 unspecified atom stereocenters. The van der Waals surface area contributed by atoms with Gasteiger partial charge in [-0.3, -0.25) is 0 Å². The van der Waals surface area contributed by atoms with Crippen LogP contribution < -0.4 is 10.6 Å². The monoisotopic (exact) mass is 288 g/mol. The molecule has 0 spiro atoms. The molecule has 3 N–H and O–H groups in total. The van der Waals surface area contributed by atoms with Crippen LogP contribution in [0.5, 0.6) is 0 Å². The van der Waals surface area contributed by atoms with E-state index in [0.717, 1.165) is 12.5 Å². The van der Waals surface area contributed by atoms with Gasteiger partial charge in [0.2, 0.25) is 0 Å². The standard InChI is InChI=1S/C14H19F3N2O/c1-9-4-5-19(13(9)8-20)11-3-2-10(7-18)12(6-11)14(15,16)17/h2-3,6,9,13,20H,4-5,7-8,18H2,1H3. The summed E-state index contributed by atoms with van der Waals surface area (Å²) in [6.45, 7) is 2.46. The average molecular weight is 288 g/mol. The quantitative estimate of drug-likeness (QED) is 0.898. The Morgan fingerprint density at radius 1 is 1.40 bits per heavy atom. The van der Waals surface area contributed by atoms with Crippen molar-refractivity contribution in [2.45, 2.75) is 32.1 Å². The summed E-state index contributed by atoms with van der Waals surface area (Å²) in [5.74, 6) is 0.267. The maximum atomic E-state index is 13.0. The summed E-state index contributed by atoms with van der Waals surface area (Å²) in [4.78, 5) is 1.85. The molecule has 0 bridgehead atoms. The van der Waals surface area contributed by atoms with Crippen molar-refractivity contribution in [2.75, 3.05) is 18.1 Å². The van der Waals surface area contributed by atoms with Crippen molar-refractivity contribution in [1.82, 2.24) is 0 Å². The molecular formula is C14H19F3N2O. The highest BCUT2D eigenvalue weighted by Gasteiger charge is 2.35. The molecule has 1 aliphatic heterocycles. The number of nitrogens with zero attached hydrogens (tertiary/aromatic N) is 1. The third-order valence-electron chi connectivity index (χ3n) is 4.02. The van der Waals surface area contributed by atoms with E-state index in [1.807, 2.05) is 11.8 Å². The fourth-order valence-corrected chi connectivity index (χ4v) is 2.79. The summed E-state index contributed by atoms with van der Waals surface area (Å²) in [6, 6.07) is 4.09. The number of halogens is 3. The van der Waals surface area contributed by atoms with Gasteiger partial charge in [-0.15, -0.1) is 0 Å². The second-order valence-corrected chi connectivity index (χ2v) is 5.25. The lowest BCUT2D eigenvalue weighted by Gasteiger charge is -2.28. The Labute approximate surface area is 116 Å². The minimum absolute atomic E-state index is 0.0544. The van der Waals surface area contributed by atoms with Crippen molar-refractivity contribution in [1.29, 1.82) is 0 Å². The normalized spacial score (nSPS) is 23.4. The highest BCUT2D eigenvalue weighted by Crippen LogP contribution is 2.37. The number of aliphatic hydroxyl groups excluding tert-OH is 1. The van der Waals surface area contributed by atoms with Gasteiger partial charge in [0.1, 0.15) is 0 Å². The van der Waals surface area contributed by atoms with Gasteiger partial charge in [0.15, 0.2) is 0 Å². The second kappa shape index (κ2) is 5.61. The Kier molecular flexibility index (Phi) is 4.25. The molecule has 1 fully saturated rings. The fourth-order valence-electron chi connectivity index (χ4n) is 2.79. The largest absolute Gasteiger partial charge is 0.416 e. The van der Waals surface area contributed by atoms with Crippen LogP contribution in [-0.4, -0.2) is 24.3 Å². The predicted octanol–water partition coefficient (Wildman–Crippen LogP) is 2.37. The van der Waals surface area contributed by atoms with Crippen LogP contribution in [0.4, 0.5) is 18.9 Å². The molecule has 2 rings (SSSR count). The van der Waals surface area contributed by atoms with Gasteiger partial charge in [0.05, 0.1) is 18.2 Å². The van der Waals surface area contributed by atoms with Crippen molar-refractivity contribution in [3.05, 3.63) is 29.3 Å². The number of alkyl halides is 3. The molecule has 1 aromatic carbocycles. The van der Waals surface area contributed by atoms with Gasteiger partial charge in [-0.25, -0.2) is 0 Å². The second-order valence-electron chi connectivity index (χ2n) is 5.25. The minimum Gasteiger partial charge on any atom is -0.394 e. The zero-order valence-electron chi connectivity index (χ0n) is 11.3. The Balaban J connectivity index is 2.39. The topological polar surface area (TPSA) is 49.5 Å². The maximum Gasteiger partial charge on any atom is 0.416 e. The van der Waals surface area contributed by atoms with Crippen LogP contribution in [0.25, 0.3) is 0 Å². The molecular weight excluding hydrogens is 269 g/mol. The lowest BCUT2D eigenvalue weighted by atomic mass is 10.0. The lowest BCUT2D eigenvalue weighted by Crippen LogP contribution is -2.35. The van der Waals surface area contributed by atoms with Gasteiger partial charge < -0.3 is 15.7 Å². The lowest BCUT2D eigenvalue weighted by molar-refractivity contribution is -0.138. The molecule has 3 nitrogen and oxygen atoms in total. The smallest absolute Gasteiger partial charge is 0.394 e. The summed E-state index contributed by atoms with van der Waals surface area (Å²) in [6.07, 6.45) is -3.55. The SMILES string of the molecule is CC1CCN(c2ccc(CN)c(C(F)(F)F)c2)C1CO. The van der Waals surface area contributed by atoms with Gasteiger partial charge in [-0.2, -0.15) is 13.2 Å². The Bertz CT molecular complexity index is 476. The molecule has 6 heteroatoms. The van der Waals surface area contributed by atoms with Crippen molar-refractivity contribution >= 4 is 5.69 Å². The van der Waals surface area contributed by atoms with Crippen LogP contribution in [0.2, 0.25) is 0 Å². The number of benzene rings is 1. The van der Waals surface area contributed by atoms with E-state index >= 15 is 0 Å². The van der Waals surface area contributed by atoms with Crippen molar-refractivity contribution in [2.24, 2.45) is 11.7 Å². The molecule has 0 saturated carbocycles. The Morgan fingerprint density at radius 2 is 2.10 bits per heavy atom. The van der Waals surface area contributed by atoms with E-state index in [2.05, 4.69) is 0 Å². The molecule has 2 atom stereocenters. The number of rotatable bonds is 3. The van der Waals surface area contributed by atoms with Crippen LogP contribution in [0.3, 0.4) is 0 Å². The fraction of sp³-hybridized carbons (Fsp3) is 0.571. The first-order valence-corrected chi connectivity index (χ1v) is 6.66. The first-order chi connectivity index (χ1) is 9.38. The van der Waals surface area contributed by atoms with Crippen molar-refractivity contribution < 1.29 is 18.3 Å². The van der Waals surface area contributed by atoms with Crippen LogP contribution in [0.1, 0.15) is 24.5 Å². The van der Waals surface area contributed by atoms with Crippen molar-refractivity contribution in [3.63, 3.8) is 0 Å². The summed E-state index contributed by atoms with van der Waals surface area (Å²) >= 11 is 0.